The van der Waals surface area contributed by atoms with Gasteiger partial charge in [0.1, 0.15) is 5.01 Å². The van der Waals surface area contributed by atoms with Crippen LogP contribution < -0.4 is 5.32 Å². The Balaban J connectivity index is 1.32. The van der Waals surface area contributed by atoms with E-state index in [2.05, 4.69) is 52.0 Å². The van der Waals surface area contributed by atoms with Crippen LogP contribution >= 0.6 is 22.7 Å². The molecule has 2 aromatic carbocycles. The van der Waals surface area contributed by atoms with Crippen LogP contribution in [0, 0.1) is 0 Å². The van der Waals surface area contributed by atoms with Crippen LogP contribution in [0.5, 0.6) is 0 Å². The number of nitrogens with zero attached hydrogens (tertiary/aromatic N) is 2. The van der Waals surface area contributed by atoms with Crippen LogP contribution in [-0.2, 0) is 4.79 Å². The molecule has 30 heavy (non-hydrogen) atoms. The Hall–Kier alpha value is -2.54. The summed E-state index contributed by atoms with van der Waals surface area (Å²) in [7, 11) is 0. The van der Waals surface area contributed by atoms with E-state index < -0.39 is 0 Å². The second kappa shape index (κ2) is 8.68. The number of aromatic nitrogens is 1. The van der Waals surface area contributed by atoms with E-state index in [1.54, 1.807) is 22.7 Å². The number of fused-ring (bicyclic) bond motifs is 1. The van der Waals surface area contributed by atoms with E-state index in [0.29, 0.717) is 6.54 Å². The molecule has 0 radical (unpaired) electrons. The molecular weight excluding hydrogens is 410 g/mol. The SMILES string of the molecule is O=C(CN1CCC[C@H]1c1nc2ccccc2s1)N[C@@H](c1ccccc1)c1cccs1. The highest BCUT2D eigenvalue weighted by atomic mass is 32.1. The molecule has 1 amide bonds. The lowest BCUT2D eigenvalue weighted by Crippen LogP contribution is -2.38. The topological polar surface area (TPSA) is 45.2 Å². The zero-order valence-corrected chi connectivity index (χ0v) is 18.2. The fourth-order valence-corrected chi connectivity index (χ4v) is 6.08. The molecule has 6 heteroatoms. The number of hydrogen-bond acceptors (Lipinski definition) is 5. The number of carbonyl (C=O) groups is 1. The molecule has 3 heterocycles. The third-order valence-electron chi connectivity index (χ3n) is 5.57. The van der Waals surface area contributed by atoms with E-state index in [0.717, 1.165) is 40.4 Å². The third kappa shape index (κ3) is 4.03. The standard InChI is InChI=1S/C24H23N3OS2/c28-22(26-23(21-13-7-15-29-21)17-8-2-1-3-9-17)16-27-14-6-11-19(27)24-25-18-10-4-5-12-20(18)30-24/h1-5,7-10,12-13,15,19,23H,6,11,14,16H2,(H,26,28)/t19-,23-/m0/s1. The number of benzene rings is 2. The summed E-state index contributed by atoms with van der Waals surface area (Å²) in [5.41, 5.74) is 2.16. The first-order valence-corrected chi connectivity index (χ1v) is 11.9. The maximum atomic E-state index is 13.1. The summed E-state index contributed by atoms with van der Waals surface area (Å²) in [5, 5.41) is 6.46. The van der Waals surface area contributed by atoms with Gasteiger partial charge >= 0.3 is 0 Å². The lowest BCUT2D eigenvalue weighted by molar-refractivity contribution is -0.123. The Morgan fingerprint density at radius 3 is 2.73 bits per heavy atom. The number of amides is 1. The van der Waals surface area contributed by atoms with Crippen molar-refractivity contribution in [1.82, 2.24) is 15.2 Å². The summed E-state index contributed by atoms with van der Waals surface area (Å²) in [6, 6.07) is 22.7. The summed E-state index contributed by atoms with van der Waals surface area (Å²) in [4.78, 5) is 21.3. The minimum Gasteiger partial charge on any atom is -0.343 e. The quantitative estimate of drug-likeness (QED) is 0.443. The first-order valence-electron chi connectivity index (χ1n) is 10.2. The molecule has 1 fully saturated rings. The Labute approximate surface area is 184 Å². The van der Waals surface area contributed by atoms with Crippen LogP contribution in [0.2, 0.25) is 0 Å². The average Bonchev–Trinajstić information content (AvgIpc) is 3.52. The Kier molecular flexibility index (Phi) is 5.62. The van der Waals surface area contributed by atoms with Gasteiger partial charge in [-0.15, -0.1) is 22.7 Å². The molecule has 1 aliphatic rings. The number of para-hydroxylation sites is 1. The van der Waals surface area contributed by atoms with Crippen LogP contribution in [0.15, 0.2) is 72.1 Å². The van der Waals surface area contributed by atoms with E-state index in [1.165, 1.54) is 4.70 Å². The van der Waals surface area contributed by atoms with Crippen molar-refractivity contribution in [2.45, 2.75) is 24.9 Å². The molecule has 4 aromatic rings. The minimum absolute atomic E-state index is 0.0604. The van der Waals surface area contributed by atoms with Gasteiger partial charge in [0, 0.05) is 4.88 Å². The summed E-state index contributed by atoms with van der Waals surface area (Å²) in [5.74, 6) is 0.0604. The molecule has 2 aromatic heterocycles. The van der Waals surface area contributed by atoms with E-state index in [1.807, 2.05) is 30.3 Å². The second-order valence-corrected chi connectivity index (χ2v) is 9.62. The van der Waals surface area contributed by atoms with Gasteiger partial charge in [0.25, 0.3) is 0 Å². The van der Waals surface area contributed by atoms with E-state index in [9.17, 15) is 4.79 Å². The lowest BCUT2D eigenvalue weighted by Gasteiger charge is -2.24. The molecule has 0 spiro atoms. The highest BCUT2D eigenvalue weighted by Crippen LogP contribution is 2.36. The summed E-state index contributed by atoms with van der Waals surface area (Å²) >= 11 is 3.43. The highest BCUT2D eigenvalue weighted by Gasteiger charge is 2.30. The van der Waals surface area contributed by atoms with Crippen molar-refractivity contribution in [2.24, 2.45) is 0 Å². The van der Waals surface area contributed by atoms with Gasteiger partial charge in [-0.3, -0.25) is 9.69 Å². The van der Waals surface area contributed by atoms with Crippen LogP contribution in [0.1, 0.15) is 40.4 Å². The zero-order chi connectivity index (χ0) is 20.3. The molecule has 1 N–H and O–H groups in total. The molecule has 1 saturated heterocycles. The maximum Gasteiger partial charge on any atom is 0.234 e. The van der Waals surface area contributed by atoms with Gasteiger partial charge in [-0.25, -0.2) is 4.98 Å². The third-order valence-corrected chi connectivity index (χ3v) is 7.65. The van der Waals surface area contributed by atoms with Gasteiger partial charge in [-0.2, -0.15) is 0 Å². The molecule has 1 aliphatic heterocycles. The number of likely N-dealkylation sites (tertiary alicyclic amines) is 1. The van der Waals surface area contributed by atoms with Gasteiger partial charge in [0.05, 0.1) is 28.8 Å². The monoisotopic (exact) mass is 433 g/mol. The summed E-state index contributed by atoms with van der Waals surface area (Å²) in [6.07, 6.45) is 2.15. The van der Waals surface area contributed by atoms with Crippen molar-refractivity contribution in [1.29, 1.82) is 0 Å². The van der Waals surface area contributed by atoms with Crippen molar-refractivity contribution in [2.75, 3.05) is 13.1 Å². The molecule has 0 bridgehead atoms. The fourth-order valence-electron chi connectivity index (χ4n) is 4.14. The number of nitrogens with one attached hydrogen (secondary N) is 1. The van der Waals surface area contributed by atoms with Crippen LogP contribution in [0.25, 0.3) is 10.2 Å². The number of thiophene rings is 1. The zero-order valence-electron chi connectivity index (χ0n) is 16.5. The average molecular weight is 434 g/mol. The lowest BCUT2D eigenvalue weighted by atomic mass is 10.1. The van der Waals surface area contributed by atoms with Crippen molar-refractivity contribution in [3.63, 3.8) is 0 Å². The predicted molar refractivity (Wildman–Crippen MR) is 124 cm³/mol. The fraction of sp³-hybridized carbons (Fsp3) is 0.250. The minimum atomic E-state index is -0.109. The Bertz CT molecular complexity index is 1090. The highest BCUT2D eigenvalue weighted by molar-refractivity contribution is 7.18. The van der Waals surface area contributed by atoms with E-state index >= 15 is 0 Å². The van der Waals surface area contributed by atoms with Crippen LogP contribution in [0.3, 0.4) is 0 Å². The Morgan fingerprint density at radius 1 is 1.10 bits per heavy atom. The van der Waals surface area contributed by atoms with Crippen LogP contribution in [-0.4, -0.2) is 28.9 Å². The van der Waals surface area contributed by atoms with Gasteiger partial charge in [0.2, 0.25) is 5.91 Å². The number of hydrogen-bond donors (Lipinski definition) is 1. The van der Waals surface area contributed by atoms with Crippen molar-refractivity contribution in [3.05, 3.63) is 87.6 Å². The number of rotatable bonds is 6. The van der Waals surface area contributed by atoms with Gasteiger partial charge in [0.15, 0.2) is 0 Å². The van der Waals surface area contributed by atoms with E-state index in [-0.39, 0.29) is 18.0 Å². The predicted octanol–water partition coefficient (Wildman–Crippen LogP) is 5.40. The van der Waals surface area contributed by atoms with Gasteiger partial charge in [-0.05, 0) is 48.5 Å². The first-order chi connectivity index (χ1) is 14.8. The van der Waals surface area contributed by atoms with E-state index in [4.69, 9.17) is 4.98 Å². The maximum absolute atomic E-state index is 13.1. The summed E-state index contributed by atoms with van der Waals surface area (Å²) < 4.78 is 1.21. The largest absolute Gasteiger partial charge is 0.343 e. The molecule has 4 nitrogen and oxygen atoms in total. The van der Waals surface area contributed by atoms with Crippen molar-refractivity contribution < 1.29 is 4.79 Å². The number of thiazole rings is 1. The molecule has 0 unspecified atom stereocenters. The molecular formula is C24H23N3OS2. The first kappa shape index (κ1) is 19.4. The Morgan fingerprint density at radius 2 is 1.93 bits per heavy atom. The smallest absolute Gasteiger partial charge is 0.234 e. The molecule has 152 valence electrons. The molecule has 2 atom stereocenters. The molecule has 0 saturated carbocycles. The van der Waals surface area contributed by atoms with Gasteiger partial charge < -0.3 is 5.32 Å². The normalized spacial score (nSPS) is 17.9. The molecule has 0 aliphatic carbocycles. The van der Waals surface area contributed by atoms with Crippen molar-refractivity contribution in [3.8, 4) is 0 Å². The van der Waals surface area contributed by atoms with Gasteiger partial charge in [-0.1, -0.05) is 48.5 Å². The van der Waals surface area contributed by atoms with Crippen molar-refractivity contribution >= 4 is 38.8 Å². The summed E-state index contributed by atoms with van der Waals surface area (Å²) in [6.45, 7) is 1.33. The second-order valence-electron chi connectivity index (χ2n) is 7.57. The molecule has 5 rings (SSSR count). The number of carbonyl (C=O) groups excluding carboxylic acids is 1. The van der Waals surface area contributed by atoms with Crippen LogP contribution in [0.4, 0.5) is 0 Å².